The van der Waals surface area contributed by atoms with E-state index in [9.17, 15) is 34.8 Å². The van der Waals surface area contributed by atoms with E-state index in [2.05, 4.69) is 0 Å². The molecule has 9 heteroatoms. The Labute approximate surface area is 219 Å². The van der Waals surface area contributed by atoms with Gasteiger partial charge in [0.05, 0.1) is 11.7 Å². The number of phenols is 1. The zero-order valence-electron chi connectivity index (χ0n) is 21.0. The lowest BCUT2D eigenvalue weighted by Gasteiger charge is -2.53. The van der Waals surface area contributed by atoms with Crippen LogP contribution >= 0.6 is 0 Å². The molecule has 2 aromatic carbocycles. The summed E-state index contributed by atoms with van der Waals surface area (Å²) < 4.78 is 0. The van der Waals surface area contributed by atoms with Gasteiger partial charge in [0, 0.05) is 17.5 Å². The number of Topliss-reactive ketones (excluding diaryl/α,β-unsaturated/α-hetero) is 2. The van der Waals surface area contributed by atoms with Crippen molar-refractivity contribution < 1.29 is 34.8 Å². The summed E-state index contributed by atoms with van der Waals surface area (Å²) >= 11 is 0. The van der Waals surface area contributed by atoms with Gasteiger partial charge in [0.15, 0.2) is 11.4 Å². The summed E-state index contributed by atoms with van der Waals surface area (Å²) in [5, 5.41) is 44.6. The van der Waals surface area contributed by atoms with Crippen LogP contribution in [-0.2, 0) is 20.8 Å². The fourth-order valence-corrected chi connectivity index (χ4v) is 6.53. The molecule has 3 aliphatic carbocycles. The third kappa shape index (κ3) is 3.69. The lowest BCUT2D eigenvalue weighted by Crippen LogP contribution is -2.73. The molecule has 2 fully saturated rings. The number of likely N-dealkylation sites (N-methyl/N-ethyl adjacent to an activating group) is 1. The Morgan fingerprint density at radius 1 is 1.08 bits per heavy atom. The van der Waals surface area contributed by atoms with E-state index in [0.29, 0.717) is 5.56 Å². The molecule has 0 aliphatic heterocycles. The maximum Gasteiger partial charge on any atom is 0.230 e. The molecule has 0 saturated heterocycles. The number of amides is 1. The topological polar surface area (TPSA) is 161 Å². The van der Waals surface area contributed by atoms with Crippen molar-refractivity contribution in [1.82, 2.24) is 4.90 Å². The van der Waals surface area contributed by atoms with Crippen LogP contribution in [0.4, 0.5) is 0 Å². The Morgan fingerprint density at radius 2 is 1.76 bits per heavy atom. The SMILES string of the molecule is CN(C)[C@@H]1C(O)C(C(N)=O)C(=O)[C@@]2(O)C(=O)C3=C(O)c4c(O)ccc(/C=C/c5ccccc5)c4C[C@H]3C[C@@H]12. The number of hydrogen-bond acceptors (Lipinski definition) is 8. The fourth-order valence-electron chi connectivity index (χ4n) is 6.53. The predicted molar refractivity (Wildman–Crippen MR) is 139 cm³/mol. The highest BCUT2D eigenvalue weighted by atomic mass is 16.3. The summed E-state index contributed by atoms with van der Waals surface area (Å²) in [6, 6.07) is 11.8. The molecule has 38 heavy (non-hydrogen) atoms. The number of carbonyl (C=O) groups is 3. The summed E-state index contributed by atoms with van der Waals surface area (Å²) in [5.74, 6) is -7.52. The first-order valence-corrected chi connectivity index (χ1v) is 12.4. The number of ketones is 2. The van der Waals surface area contributed by atoms with Crippen LogP contribution < -0.4 is 5.73 Å². The van der Waals surface area contributed by atoms with Crippen LogP contribution in [0.15, 0.2) is 48.0 Å². The normalized spacial score (nSPS) is 30.8. The Morgan fingerprint density at radius 3 is 2.39 bits per heavy atom. The molecule has 5 rings (SSSR count). The third-order valence-electron chi connectivity index (χ3n) is 8.26. The Hall–Kier alpha value is -3.79. The quantitative estimate of drug-likeness (QED) is 0.299. The van der Waals surface area contributed by atoms with Crippen molar-refractivity contribution in [3.8, 4) is 5.75 Å². The van der Waals surface area contributed by atoms with E-state index < -0.39 is 58.7 Å². The second kappa shape index (κ2) is 9.20. The number of fused-ring (bicyclic) bond motifs is 3. The lowest BCUT2D eigenvalue weighted by molar-refractivity contribution is -0.184. The number of primary amides is 1. The van der Waals surface area contributed by atoms with Gasteiger partial charge in [-0.15, -0.1) is 0 Å². The largest absolute Gasteiger partial charge is 0.507 e. The number of hydrogen-bond donors (Lipinski definition) is 5. The number of aliphatic hydroxyl groups is 3. The molecule has 0 spiro atoms. The number of benzene rings is 2. The summed E-state index contributed by atoms with van der Waals surface area (Å²) in [4.78, 5) is 40.9. The molecule has 0 heterocycles. The number of phenolic OH excluding ortho intramolecular Hbond substituents is 1. The van der Waals surface area contributed by atoms with Gasteiger partial charge in [-0.1, -0.05) is 48.6 Å². The average molecular weight is 519 g/mol. The first-order valence-electron chi connectivity index (χ1n) is 12.4. The second-order valence-electron chi connectivity index (χ2n) is 10.6. The molecule has 2 aromatic rings. The van der Waals surface area contributed by atoms with Crippen LogP contribution in [-0.4, -0.2) is 74.6 Å². The first-order chi connectivity index (χ1) is 18.0. The molecule has 0 radical (unpaired) electrons. The molecule has 9 nitrogen and oxygen atoms in total. The van der Waals surface area contributed by atoms with E-state index in [1.165, 1.54) is 6.07 Å². The number of aliphatic hydroxyl groups excluding tert-OH is 2. The molecule has 2 unspecified atom stereocenters. The van der Waals surface area contributed by atoms with Gasteiger partial charge in [0.25, 0.3) is 0 Å². The smallest absolute Gasteiger partial charge is 0.230 e. The summed E-state index contributed by atoms with van der Waals surface area (Å²) in [6.45, 7) is 0. The first kappa shape index (κ1) is 25.8. The van der Waals surface area contributed by atoms with Gasteiger partial charge in [-0.2, -0.15) is 0 Å². The highest BCUT2D eigenvalue weighted by Gasteiger charge is 2.67. The van der Waals surface area contributed by atoms with Crippen LogP contribution in [0, 0.1) is 17.8 Å². The molecular formula is C29H30N2O7. The van der Waals surface area contributed by atoms with Gasteiger partial charge >= 0.3 is 0 Å². The Balaban J connectivity index is 1.65. The van der Waals surface area contributed by atoms with E-state index in [1.807, 2.05) is 42.5 Å². The highest BCUT2D eigenvalue weighted by Crippen LogP contribution is 2.52. The van der Waals surface area contributed by atoms with Gasteiger partial charge in [-0.3, -0.25) is 14.4 Å². The van der Waals surface area contributed by atoms with Crippen molar-refractivity contribution >= 4 is 35.4 Å². The predicted octanol–water partition coefficient (Wildman–Crippen LogP) is 1.30. The number of carbonyl (C=O) groups excluding carboxylic acids is 3. The summed E-state index contributed by atoms with van der Waals surface area (Å²) in [5.41, 5.74) is 4.96. The van der Waals surface area contributed by atoms with E-state index in [0.717, 1.165) is 11.1 Å². The van der Waals surface area contributed by atoms with Crippen LogP contribution in [0.25, 0.3) is 17.9 Å². The zero-order chi connectivity index (χ0) is 27.5. The van der Waals surface area contributed by atoms with Gasteiger partial charge in [0.2, 0.25) is 11.7 Å². The molecule has 0 bridgehead atoms. The number of rotatable bonds is 4. The van der Waals surface area contributed by atoms with Crippen LogP contribution in [0.3, 0.4) is 0 Å². The maximum absolute atomic E-state index is 13.9. The number of aromatic hydroxyl groups is 1. The minimum atomic E-state index is -2.66. The van der Waals surface area contributed by atoms with Gasteiger partial charge in [-0.25, -0.2) is 0 Å². The fraction of sp³-hybridized carbons (Fsp3) is 0.345. The number of nitrogens with zero attached hydrogens (tertiary/aromatic N) is 1. The zero-order valence-corrected chi connectivity index (χ0v) is 21.0. The van der Waals surface area contributed by atoms with Gasteiger partial charge < -0.3 is 31.1 Å². The molecule has 198 valence electrons. The van der Waals surface area contributed by atoms with E-state index >= 15 is 0 Å². The van der Waals surface area contributed by atoms with Gasteiger partial charge in [-0.05, 0) is 55.6 Å². The number of nitrogens with two attached hydrogens (primary N) is 1. The standard InChI is InChI=1S/C29H30N2O7/c1-31(2)23-18-13-16-12-17-15(9-8-14-6-4-3-5-7-14)10-11-19(32)21(17)24(33)20(16)26(35)29(18,38)27(36)22(25(23)34)28(30)37/h3-11,16,18,22-23,25,32-34,38H,12-13H2,1-2H3,(H2,30,37)/b9-8+/t16-,18-,22?,23-,25?,29-/m0/s1. The van der Waals surface area contributed by atoms with E-state index in [1.54, 1.807) is 25.1 Å². The Kier molecular flexibility index (Phi) is 6.25. The Bertz CT molecular complexity index is 1400. The molecule has 1 amide bonds. The van der Waals surface area contributed by atoms with Crippen molar-refractivity contribution in [2.45, 2.75) is 30.6 Å². The lowest BCUT2D eigenvalue weighted by atomic mass is 9.54. The highest BCUT2D eigenvalue weighted by molar-refractivity contribution is 6.25. The van der Waals surface area contributed by atoms with Gasteiger partial charge in [0.1, 0.15) is 17.4 Å². The molecular weight excluding hydrogens is 488 g/mol. The summed E-state index contributed by atoms with van der Waals surface area (Å²) in [7, 11) is 3.24. The molecule has 6 atom stereocenters. The molecule has 3 aliphatic rings. The average Bonchev–Trinajstić information content (AvgIpc) is 2.86. The van der Waals surface area contributed by atoms with E-state index in [4.69, 9.17) is 5.73 Å². The van der Waals surface area contributed by atoms with Crippen molar-refractivity contribution in [2.24, 2.45) is 23.5 Å². The van der Waals surface area contributed by atoms with Crippen molar-refractivity contribution in [3.05, 3.63) is 70.3 Å². The minimum Gasteiger partial charge on any atom is -0.507 e. The molecule has 6 N–H and O–H groups in total. The van der Waals surface area contributed by atoms with Crippen molar-refractivity contribution in [3.63, 3.8) is 0 Å². The maximum atomic E-state index is 13.9. The summed E-state index contributed by atoms with van der Waals surface area (Å²) in [6.07, 6.45) is 2.57. The van der Waals surface area contributed by atoms with Crippen LogP contribution in [0.2, 0.25) is 0 Å². The van der Waals surface area contributed by atoms with Crippen LogP contribution in [0.1, 0.15) is 28.7 Å². The van der Waals surface area contributed by atoms with E-state index in [-0.39, 0.29) is 29.7 Å². The van der Waals surface area contributed by atoms with Crippen LogP contribution in [0.5, 0.6) is 5.75 Å². The van der Waals surface area contributed by atoms with Crippen molar-refractivity contribution in [2.75, 3.05) is 14.1 Å². The minimum absolute atomic E-state index is 0.0702. The molecule has 2 saturated carbocycles. The third-order valence-corrected chi connectivity index (χ3v) is 8.26. The second-order valence-corrected chi connectivity index (χ2v) is 10.6. The van der Waals surface area contributed by atoms with Crippen molar-refractivity contribution in [1.29, 1.82) is 0 Å². The molecule has 0 aromatic heterocycles. The monoisotopic (exact) mass is 518 g/mol.